The summed E-state index contributed by atoms with van der Waals surface area (Å²) in [6.45, 7) is 0.205. The third-order valence-electron chi connectivity index (χ3n) is 1.97. The first kappa shape index (κ1) is 8.93. The summed E-state index contributed by atoms with van der Waals surface area (Å²) < 4.78 is 0. The Morgan fingerprint density at radius 2 is 2.09 bits per heavy atom. The molecule has 0 unspecified atom stereocenters. The van der Waals surface area contributed by atoms with Crippen LogP contribution in [0.15, 0.2) is 0 Å². The minimum Gasteiger partial charge on any atom is -0.394 e. The van der Waals surface area contributed by atoms with Crippen molar-refractivity contribution >= 4 is 0 Å². The van der Waals surface area contributed by atoms with E-state index in [1.54, 1.807) is 0 Å². The van der Waals surface area contributed by atoms with E-state index in [-0.39, 0.29) is 12.7 Å². The zero-order chi connectivity index (χ0) is 8.27. The van der Waals surface area contributed by atoms with Gasteiger partial charge in [0.15, 0.2) is 0 Å². The predicted octanol–water partition coefficient (Wildman–Crippen LogP) is -1.55. The number of rotatable bonds is 4. The fourth-order valence-corrected chi connectivity index (χ4v) is 1.12. The molecule has 0 aromatic carbocycles. The van der Waals surface area contributed by atoms with Gasteiger partial charge in [0.2, 0.25) is 0 Å². The monoisotopic (exact) mass is 161 g/mol. The maximum atomic E-state index is 8.92. The van der Waals surface area contributed by atoms with E-state index in [0.717, 1.165) is 12.8 Å². The van der Waals surface area contributed by atoms with Crippen molar-refractivity contribution in [2.24, 2.45) is 0 Å². The number of aliphatic hydroxyl groups is 3. The summed E-state index contributed by atoms with van der Waals surface area (Å²) in [6.07, 6.45) is 0.683. The van der Waals surface area contributed by atoms with Crippen LogP contribution >= 0.6 is 0 Å². The van der Waals surface area contributed by atoms with Gasteiger partial charge in [-0.25, -0.2) is 0 Å². The molecule has 4 nitrogen and oxygen atoms in total. The van der Waals surface area contributed by atoms with Crippen molar-refractivity contribution in [3.05, 3.63) is 0 Å². The van der Waals surface area contributed by atoms with Crippen molar-refractivity contribution in [2.75, 3.05) is 13.2 Å². The average Bonchev–Trinajstić information content (AvgIpc) is 1.95. The molecule has 1 rings (SSSR count). The molecule has 1 aliphatic rings. The van der Waals surface area contributed by atoms with Crippen molar-refractivity contribution in [3.8, 4) is 0 Å². The number of nitrogens with one attached hydrogen (secondary N) is 1. The number of hydrogen-bond donors (Lipinski definition) is 4. The Kier molecular flexibility index (Phi) is 3.26. The second-order valence-electron chi connectivity index (χ2n) is 3.07. The molecule has 0 spiro atoms. The normalized spacial score (nSPS) is 33.0. The Balaban J connectivity index is 1.96. The molecule has 1 atom stereocenters. The van der Waals surface area contributed by atoms with Crippen LogP contribution in [0, 0.1) is 0 Å². The first-order valence-corrected chi connectivity index (χ1v) is 3.92. The molecular weight excluding hydrogens is 146 g/mol. The maximum absolute atomic E-state index is 8.92. The van der Waals surface area contributed by atoms with Gasteiger partial charge in [-0.1, -0.05) is 0 Å². The molecule has 0 bridgehead atoms. The number of aliphatic hydroxyl groups excluding tert-OH is 3. The summed E-state index contributed by atoms with van der Waals surface area (Å²) in [7, 11) is 0. The lowest BCUT2D eigenvalue weighted by atomic mass is 9.89. The minimum atomic E-state index is -0.673. The van der Waals surface area contributed by atoms with E-state index < -0.39 is 6.10 Å². The van der Waals surface area contributed by atoms with E-state index >= 15 is 0 Å². The van der Waals surface area contributed by atoms with E-state index in [2.05, 4.69) is 5.32 Å². The molecule has 1 saturated carbocycles. The van der Waals surface area contributed by atoms with Crippen molar-refractivity contribution in [1.82, 2.24) is 5.32 Å². The Bertz CT molecular complexity index is 114. The van der Waals surface area contributed by atoms with Crippen LogP contribution in [-0.4, -0.2) is 46.7 Å². The second kappa shape index (κ2) is 4.01. The van der Waals surface area contributed by atoms with Gasteiger partial charge in [0.05, 0.1) is 18.8 Å². The van der Waals surface area contributed by atoms with Gasteiger partial charge in [0.1, 0.15) is 0 Å². The molecule has 0 saturated heterocycles. The SMILES string of the molecule is OC[C@@H](O)CNC1CC(O)C1. The van der Waals surface area contributed by atoms with Crippen molar-refractivity contribution in [2.45, 2.75) is 31.1 Å². The van der Waals surface area contributed by atoms with Crippen LogP contribution in [0.2, 0.25) is 0 Å². The van der Waals surface area contributed by atoms with Crippen LogP contribution in [0.5, 0.6) is 0 Å². The summed E-state index contributed by atoms with van der Waals surface area (Å²) in [4.78, 5) is 0. The molecule has 0 heterocycles. The van der Waals surface area contributed by atoms with Gasteiger partial charge in [-0.2, -0.15) is 0 Å². The molecule has 0 aliphatic heterocycles. The van der Waals surface area contributed by atoms with E-state index in [0.29, 0.717) is 12.6 Å². The van der Waals surface area contributed by atoms with Gasteiger partial charge in [0.25, 0.3) is 0 Å². The highest BCUT2D eigenvalue weighted by molar-refractivity contribution is 4.84. The zero-order valence-electron chi connectivity index (χ0n) is 6.40. The van der Waals surface area contributed by atoms with Gasteiger partial charge in [-0.15, -0.1) is 0 Å². The van der Waals surface area contributed by atoms with Crippen molar-refractivity contribution in [1.29, 1.82) is 0 Å². The van der Waals surface area contributed by atoms with Crippen LogP contribution in [-0.2, 0) is 0 Å². The molecule has 0 aromatic heterocycles. The summed E-state index contributed by atoms with van der Waals surface area (Å²) in [6, 6.07) is 0.325. The third-order valence-corrected chi connectivity index (χ3v) is 1.97. The molecule has 1 fully saturated rings. The molecule has 11 heavy (non-hydrogen) atoms. The Labute approximate surface area is 65.9 Å². The predicted molar refractivity (Wildman–Crippen MR) is 40.1 cm³/mol. The van der Waals surface area contributed by atoms with Crippen LogP contribution in [0.1, 0.15) is 12.8 Å². The zero-order valence-corrected chi connectivity index (χ0v) is 6.40. The fraction of sp³-hybridized carbons (Fsp3) is 1.00. The minimum absolute atomic E-state index is 0.168. The van der Waals surface area contributed by atoms with E-state index in [9.17, 15) is 0 Å². The van der Waals surface area contributed by atoms with E-state index in [4.69, 9.17) is 15.3 Å². The van der Waals surface area contributed by atoms with Gasteiger partial charge < -0.3 is 20.6 Å². The lowest BCUT2D eigenvalue weighted by molar-refractivity contribution is 0.0463. The van der Waals surface area contributed by atoms with Crippen LogP contribution in [0.25, 0.3) is 0 Å². The summed E-state index contributed by atoms with van der Waals surface area (Å²) in [5.74, 6) is 0. The smallest absolute Gasteiger partial charge is 0.0895 e. The lowest BCUT2D eigenvalue weighted by Crippen LogP contribution is -2.47. The molecule has 4 heteroatoms. The first-order valence-electron chi connectivity index (χ1n) is 3.92. The Morgan fingerprint density at radius 3 is 2.55 bits per heavy atom. The van der Waals surface area contributed by atoms with Gasteiger partial charge in [-0.05, 0) is 12.8 Å². The molecule has 1 aliphatic carbocycles. The van der Waals surface area contributed by atoms with Crippen LogP contribution in [0.4, 0.5) is 0 Å². The molecular formula is C7H15NO3. The van der Waals surface area contributed by atoms with Gasteiger partial charge >= 0.3 is 0 Å². The topological polar surface area (TPSA) is 72.7 Å². The van der Waals surface area contributed by atoms with E-state index in [1.165, 1.54) is 0 Å². The second-order valence-corrected chi connectivity index (χ2v) is 3.07. The summed E-state index contributed by atoms with van der Waals surface area (Å²) >= 11 is 0. The van der Waals surface area contributed by atoms with Gasteiger partial charge in [-0.3, -0.25) is 0 Å². The largest absolute Gasteiger partial charge is 0.394 e. The van der Waals surface area contributed by atoms with Crippen molar-refractivity contribution in [3.63, 3.8) is 0 Å². The van der Waals surface area contributed by atoms with Crippen LogP contribution in [0.3, 0.4) is 0 Å². The standard InChI is InChI=1S/C7H15NO3/c9-4-7(11)3-8-5-1-6(10)2-5/h5-11H,1-4H2/t5?,6?,7-/m0/s1. The quantitative estimate of drug-likeness (QED) is 0.403. The highest BCUT2D eigenvalue weighted by atomic mass is 16.3. The summed E-state index contributed by atoms with van der Waals surface area (Å²) in [5, 5.41) is 29.3. The molecule has 66 valence electrons. The summed E-state index contributed by atoms with van der Waals surface area (Å²) in [5.41, 5.74) is 0. The highest BCUT2D eigenvalue weighted by Crippen LogP contribution is 2.18. The molecule has 0 aromatic rings. The number of hydrogen-bond acceptors (Lipinski definition) is 4. The van der Waals surface area contributed by atoms with E-state index in [1.807, 2.05) is 0 Å². The maximum Gasteiger partial charge on any atom is 0.0895 e. The average molecular weight is 161 g/mol. The molecule has 0 radical (unpaired) electrons. The first-order chi connectivity index (χ1) is 5.22. The third kappa shape index (κ3) is 2.75. The fourth-order valence-electron chi connectivity index (χ4n) is 1.12. The lowest BCUT2D eigenvalue weighted by Gasteiger charge is -2.32. The Morgan fingerprint density at radius 1 is 1.45 bits per heavy atom. The highest BCUT2D eigenvalue weighted by Gasteiger charge is 2.26. The van der Waals surface area contributed by atoms with Gasteiger partial charge in [0, 0.05) is 12.6 Å². The Hall–Kier alpha value is -0.160. The van der Waals surface area contributed by atoms with Crippen molar-refractivity contribution < 1.29 is 15.3 Å². The molecule has 0 amide bonds. The molecule has 4 N–H and O–H groups in total. The van der Waals surface area contributed by atoms with Crippen LogP contribution < -0.4 is 5.32 Å².